The van der Waals surface area contributed by atoms with Crippen LogP contribution in [0, 0.1) is 0 Å². The summed E-state index contributed by atoms with van der Waals surface area (Å²) >= 11 is 3.92. The number of rotatable bonds is 1. The lowest BCUT2D eigenvalue weighted by atomic mass is 10.2. The van der Waals surface area contributed by atoms with Gasteiger partial charge in [0.05, 0.1) is 4.90 Å². The van der Waals surface area contributed by atoms with Crippen LogP contribution in [0.25, 0.3) is 6.08 Å². The summed E-state index contributed by atoms with van der Waals surface area (Å²) in [4.78, 5) is 13.6. The molecule has 0 bridgehead atoms. The number of hydrogen-bond donors (Lipinski definition) is 3. The lowest BCUT2D eigenvalue weighted by Crippen LogP contribution is -2.10. The Labute approximate surface area is 69.3 Å². The number of nitrogens with one attached hydrogen (secondary N) is 1. The van der Waals surface area contributed by atoms with Gasteiger partial charge in [-0.3, -0.25) is 4.79 Å². The molecule has 0 saturated heterocycles. The molecule has 0 amide bonds. The number of aromatic amines is 1. The first-order valence-electron chi connectivity index (χ1n) is 2.99. The van der Waals surface area contributed by atoms with E-state index < -0.39 is 0 Å². The monoisotopic (exact) mass is 168 g/mol. The molecule has 0 atom stereocenters. The van der Waals surface area contributed by atoms with Crippen LogP contribution in [0.1, 0.15) is 5.56 Å². The van der Waals surface area contributed by atoms with Gasteiger partial charge in [0.15, 0.2) is 0 Å². The minimum atomic E-state index is -0.281. The molecule has 58 valence electrons. The molecule has 4 heteroatoms. The van der Waals surface area contributed by atoms with Crippen molar-refractivity contribution in [3.05, 3.63) is 28.6 Å². The average molecular weight is 168 g/mol. The number of nitrogen functional groups attached to an aromatic ring is 1. The molecule has 1 aromatic heterocycles. The Kier molecular flexibility index (Phi) is 2.05. The van der Waals surface area contributed by atoms with Crippen molar-refractivity contribution in [2.75, 3.05) is 5.73 Å². The van der Waals surface area contributed by atoms with Crippen LogP contribution in [0.2, 0.25) is 0 Å². The molecule has 0 spiro atoms. The molecule has 0 aliphatic rings. The Morgan fingerprint density at radius 3 is 2.91 bits per heavy atom. The number of H-pyrrole nitrogens is 1. The number of nitrogens with two attached hydrogens (primary N) is 1. The molecule has 0 radical (unpaired) electrons. The largest absolute Gasteiger partial charge is 0.385 e. The summed E-state index contributed by atoms with van der Waals surface area (Å²) in [5, 5.41) is 0. The number of aromatic nitrogens is 1. The van der Waals surface area contributed by atoms with E-state index in [-0.39, 0.29) is 5.56 Å². The summed E-state index contributed by atoms with van der Waals surface area (Å²) in [6.45, 7) is 3.53. The van der Waals surface area contributed by atoms with Crippen LogP contribution in [0.5, 0.6) is 0 Å². The van der Waals surface area contributed by atoms with E-state index >= 15 is 0 Å². The number of pyridine rings is 1. The van der Waals surface area contributed by atoms with Crippen LogP contribution in [0.15, 0.2) is 22.3 Å². The maximum atomic E-state index is 10.9. The summed E-state index contributed by atoms with van der Waals surface area (Å²) in [5.74, 6) is 0.322. The topological polar surface area (TPSA) is 58.9 Å². The standard InChI is InChI=1S/C7H8N2OS/c1-2-4-3-5(11)7(10)9-6(4)8/h2-3,11H,1H2,(H3,8,9,10). The van der Waals surface area contributed by atoms with Crippen LogP contribution in [0.3, 0.4) is 0 Å². The minimum absolute atomic E-state index is 0.281. The Balaban J connectivity index is 3.43. The molecule has 11 heavy (non-hydrogen) atoms. The third kappa shape index (κ3) is 1.46. The van der Waals surface area contributed by atoms with E-state index in [4.69, 9.17) is 5.73 Å². The molecule has 0 saturated carbocycles. The fourth-order valence-electron chi connectivity index (χ4n) is 0.718. The summed E-state index contributed by atoms with van der Waals surface area (Å²) in [6.07, 6.45) is 1.56. The van der Waals surface area contributed by atoms with Crippen molar-refractivity contribution in [1.82, 2.24) is 4.98 Å². The van der Waals surface area contributed by atoms with Gasteiger partial charge in [-0.2, -0.15) is 0 Å². The molecule has 0 aliphatic carbocycles. The van der Waals surface area contributed by atoms with Gasteiger partial charge in [-0.25, -0.2) is 0 Å². The predicted octanol–water partition coefficient (Wildman–Crippen LogP) is 0.889. The Hall–Kier alpha value is -1.16. The molecule has 0 aliphatic heterocycles. The van der Waals surface area contributed by atoms with Crippen molar-refractivity contribution in [3.8, 4) is 0 Å². The van der Waals surface area contributed by atoms with Crippen LogP contribution in [-0.2, 0) is 0 Å². The highest BCUT2D eigenvalue weighted by Gasteiger charge is 1.98. The SMILES string of the molecule is C=Cc1cc(S)c(=O)[nH]c1N. The van der Waals surface area contributed by atoms with Crippen molar-refractivity contribution in [1.29, 1.82) is 0 Å². The van der Waals surface area contributed by atoms with Gasteiger partial charge in [0.25, 0.3) is 5.56 Å². The molecule has 1 heterocycles. The van der Waals surface area contributed by atoms with Gasteiger partial charge in [-0.05, 0) is 6.07 Å². The van der Waals surface area contributed by atoms with Crippen LogP contribution in [0.4, 0.5) is 5.82 Å². The van der Waals surface area contributed by atoms with Crippen LogP contribution in [-0.4, -0.2) is 4.98 Å². The lowest BCUT2D eigenvalue weighted by molar-refractivity contribution is 1.15. The van der Waals surface area contributed by atoms with Crippen LogP contribution >= 0.6 is 12.6 Å². The zero-order valence-corrected chi connectivity index (χ0v) is 6.69. The van der Waals surface area contributed by atoms with Gasteiger partial charge in [-0.15, -0.1) is 12.6 Å². The highest BCUT2D eigenvalue weighted by Crippen LogP contribution is 2.10. The third-order valence-corrected chi connectivity index (χ3v) is 1.64. The Morgan fingerprint density at radius 1 is 1.73 bits per heavy atom. The lowest BCUT2D eigenvalue weighted by Gasteiger charge is -1.99. The minimum Gasteiger partial charge on any atom is -0.385 e. The van der Waals surface area contributed by atoms with E-state index in [9.17, 15) is 4.79 Å². The second kappa shape index (κ2) is 2.84. The molecule has 1 aromatic rings. The van der Waals surface area contributed by atoms with E-state index in [1.807, 2.05) is 0 Å². The van der Waals surface area contributed by atoms with Gasteiger partial charge in [-0.1, -0.05) is 12.7 Å². The van der Waals surface area contributed by atoms with Gasteiger partial charge in [0.2, 0.25) is 0 Å². The number of anilines is 1. The molecular formula is C7H8N2OS. The first-order chi connectivity index (χ1) is 5.15. The summed E-state index contributed by atoms with van der Waals surface area (Å²) in [6, 6.07) is 1.57. The quantitative estimate of drug-likeness (QED) is 0.545. The van der Waals surface area contributed by atoms with Crippen molar-refractivity contribution >= 4 is 24.5 Å². The molecule has 0 unspecified atom stereocenters. The van der Waals surface area contributed by atoms with Gasteiger partial charge < -0.3 is 10.7 Å². The zero-order valence-electron chi connectivity index (χ0n) is 5.79. The fourth-order valence-corrected chi connectivity index (χ4v) is 0.913. The third-order valence-electron chi connectivity index (χ3n) is 1.30. The summed E-state index contributed by atoms with van der Waals surface area (Å²) < 4.78 is 0. The van der Waals surface area contributed by atoms with Crippen molar-refractivity contribution in [3.63, 3.8) is 0 Å². The van der Waals surface area contributed by atoms with Crippen molar-refractivity contribution in [2.45, 2.75) is 4.90 Å². The van der Waals surface area contributed by atoms with Gasteiger partial charge >= 0.3 is 0 Å². The van der Waals surface area contributed by atoms with Crippen LogP contribution < -0.4 is 11.3 Å². The zero-order chi connectivity index (χ0) is 8.43. The summed E-state index contributed by atoms with van der Waals surface area (Å²) in [7, 11) is 0. The Bertz CT molecular complexity index is 343. The number of thiol groups is 1. The molecule has 3 nitrogen and oxygen atoms in total. The first kappa shape index (κ1) is 7.94. The smallest absolute Gasteiger partial charge is 0.262 e. The second-order valence-electron chi connectivity index (χ2n) is 2.06. The van der Waals surface area contributed by atoms with E-state index in [2.05, 4.69) is 24.2 Å². The molecule has 0 aromatic carbocycles. The van der Waals surface area contributed by atoms with E-state index in [0.717, 1.165) is 0 Å². The van der Waals surface area contributed by atoms with Gasteiger partial charge in [0.1, 0.15) is 5.82 Å². The predicted molar refractivity (Wildman–Crippen MR) is 48.8 cm³/mol. The van der Waals surface area contributed by atoms with Crippen molar-refractivity contribution < 1.29 is 0 Å². The Morgan fingerprint density at radius 2 is 2.36 bits per heavy atom. The second-order valence-corrected chi connectivity index (χ2v) is 2.54. The van der Waals surface area contributed by atoms with E-state index in [0.29, 0.717) is 16.3 Å². The maximum absolute atomic E-state index is 10.9. The molecule has 3 N–H and O–H groups in total. The molecule has 1 rings (SSSR count). The van der Waals surface area contributed by atoms with E-state index in [1.54, 1.807) is 12.1 Å². The molecule has 0 fully saturated rings. The normalized spacial score (nSPS) is 9.55. The highest BCUT2D eigenvalue weighted by molar-refractivity contribution is 7.80. The first-order valence-corrected chi connectivity index (χ1v) is 3.44. The summed E-state index contributed by atoms with van der Waals surface area (Å²) in [5.41, 5.74) is 5.85. The average Bonchev–Trinajstić information content (AvgIpc) is 1.97. The van der Waals surface area contributed by atoms with E-state index in [1.165, 1.54) is 0 Å². The maximum Gasteiger partial charge on any atom is 0.262 e. The molecular weight excluding hydrogens is 160 g/mol. The van der Waals surface area contributed by atoms with Gasteiger partial charge in [0, 0.05) is 5.56 Å². The van der Waals surface area contributed by atoms with Crippen molar-refractivity contribution in [2.24, 2.45) is 0 Å². The fraction of sp³-hybridized carbons (Fsp3) is 0. The number of hydrogen-bond acceptors (Lipinski definition) is 3. The highest BCUT2D eigenvalue weighted by atomic mass is 32.1.